The molecule has 4 rings (SSSR count). The van der Waals surface area contributed by atoms with Crippen molar-refractivity contribution in [2.24, 2.45) is 0 Å². The second kappa shape index (κ2) is 11.1. The molecule has 0 amide bonds. The average molecular weight is 542 g/mol. The Hall–Kier alpha value is -2.94. The predicted molar refractivity (Wildman–Crippen MR) is 148 cm³/mol. The Bertz CT molecular complexity index is 1130. The van der Waals surface area contributed by atoms with Crippen LogP contribution in [-0.2, 0) is 0 Å². The Morgan fingerprint density at radius 2 is 0.438 bits per heavy atom. The van der Waals surface area contributed by atoms with E-state index in [1.807, 2.05) is 0 Å². The van der Waals surface area contributed by atoms with Gasteiger partial charge in [-0.3, -0.25) is 0 Å². The van der Waals surface area contributed by atoms with Gasteiger partial charge in [-0.05, 0) is 57.6 Å². The van der Waals surface area contributed by atoms with Gasteiger partial charge in [0.2, 0.25) is 0 Å². The van der Waals surface area contributed by atoms with Crippen LogP contribution >= 0.6 is 31.9 Å². The zero-order valence-corrected chi connectivity index (χ0v) is 20.6. The van der Waals surface area contributed by atoms with Gasteiger partial charge in [-0.2, -0.15) is 0 Å². The van der Waals surface area contributed by atoms with E-state index in [9.17, 15) is 0 Å². The van der Waals surface area contributed by atoms with E-state index in [0.717, 1.165) is 8.95 Å². The van der Waals surface area contributed by atoms with Crippen molar-refractivity contribution in [3.63, 3.8) is 0 Å². The normalized spacial score (nSPS) is 11.7. The third-order valence-electron chi connectivity index (χ3n) is 5.02. The number of benzene rings is 4. The first-order chi connectivity index (χ1) is 15.6. The molecular weight excluding hydrogens is 520 g/mol. The summed E-state index contributed by atoms with van der Waals surface area (Å²) in [6.07, 6.45) is 12.8. The zero-order valence-electron chi connectivity index (χ0n) is 17.5. The second-order valence-corrected chi connectivity index (χ2v) is 9.27. The van der Waals surface area contributed by atoms with Gasteiger partial charge in [0.15, 0.2) is 0 Å². The highest BCUT2D eigenvalue weighted by molar-refractivity contribution is 9.10. The van der Waals surface area contributed by atoms with Gasteiger partial charge < -0.3 is 0 Å². The van der Waals surface area contributed by atoms with E-state index in [1.54, 1.807) is 0 Å². The lowest BCUT2D eigenvalue weighted by Gasteiger charge is -1.99. The summed E-state index contributed by atoms with van der Waals surface area (Å²) in [7, 11) is 0. The Morgan fingerprint density at radius 3 is 0.625 bits per heavy atom. The minimum atomic E-state index is 1.10. The maximum absolute atomic E-state index is 3.47. The van der Waals surface area contributed by atoms with Crippen LogP contribution in [0.2, 0.25) is 0 Å². The Morgan fingerprint density at radius 1 is 0.281 bits per heavy atom. The first kappa shape index (κ1) is 22.3. The standard InChI is InChI=1S/C30H22Br2/c31-29-19-15-27(16-20-29)13-11-25-7-3-23(4-8-25)1-2-24-5-9-26(10-6-24)12-14-28-17-21-30(32)22-18-28/h1-22H/b2-1+,13-11+,14-12+. The summed E-state index contributed by atoms with van der Waals surface area (Å²) in [5.74, 6) is 0. The maximum Gasteiger partial charge on any atom is 0.0175 e. The van der Waals surface area contributed by atoms with Crippen LogP contribution in [-0.4, -0.2) is 0 Å². The highest BCUT2D eigenvalue weighted by Crippen LogP contribution is 2.16. The molecule has 4 aromatic rings. The van der Waals surface area contributed by atoms with Crippen molar-refractivity contribution in [3.05, 3.63) is 139 Å². The molecule has 0 bridgehead atoms. The Balaban J connectivity index is 1.35. The summed E-state index contributed by atoms with van der Waals surface area (Å²) >= 11 is 6.93. The highest BCUT2D eigenvalue weighted by atomic mass is 79.9. The summed E-state index contributed by atoms with van der Waals surface area (Å²) < 4.78 is 2.19. The van der Waals surface area contributed by atoms with Crippen molar-refractivity contribution in [3.8, 4) is 0 Å². The Labute approximate surface area is 206 Å². The number of hydrogen-bond acceptors (Lipinski definition) is 0. The van der Waals surface area contributed by atoms with Gasteiger partial charge in [-0.25, -0.2) is 0 Å². The van der Waals surface area contributed by atoms with Gasteiger partial charge >= 0.3 is 0 Å². The monoisotopic (exact) mass is 540 g/mol. The van der Waals surface area contributed by atoms with Gasteiger partial charge in [0.05, 0.1) is 0 Å². The van der Waals surface area contributed by atoms with Crippen LogP contribution in [0.1, 0.15) is 33.4 Å². The first-order valence-electron chi connectivity index (χ1n) is 10.4. The molecule has 0 aromatic heterocycles. The highest BCUT2D eigenvalue weighted by Gasteiger charge is 1.93. The molecule has 0 spiro atoms. The molecule has 2 heteroatoms. The van der Waals surface area contributed by atoms with E-state index in [4.69, 9.17) is 0 Å². The molecule has 0 saturated heterocycles. The van der Waals surface area contributed by atoms with Crippen LogP contribution < -0.4 is 0 Å². The molecule has 0 saturated carbocycles. The van der Waals surface area contributed by atoms with Crippen LogP contribution in [0.4, 0.5) is 0 Å². The van der Waals surface area contributed by atoms with E-state index >= 15 is 0 Å². The maximum atomic E-state index is 3.47. The van der Waals surface area contributed by atoms with Crippen LogP contribution in [0.15, 0.2) is 106 Å². The minimum absolute atomic E-state index is 1.10. The molecule has 0 unspecified atom stereocenters. The SMILES string of the molecule is Brc1ccc(/C=C/c2ccc(/C=C/c3ccc(/C=C/c4ccc(Br)cc4)cc3)cc2)cc1. The summed E-state index contributed by atoms with van der Waals surface area (Å²) in [6.45, 7) is 0. The van der Waals surface area contributed by atoms with Crippen LogP contribution in [0.5, 0.6) is 0 Å². The Kier molecular flexibility index (Phi) is 7.71. The topological polar surface area (TPSA) is 0 Å². The fraction of sp³-hybridized carbons (Fsp3) is 0. The van der Waals surface area contributed by atoms with Gasteiger partial charge in [0.25, 0.3) is 0 Å². The van der Waals surface area contributed by atoms with Gasteiger partial charge in [0.1, 0.15) is 0 Å². The predicted octanol–water partition coefficient (Wildman–Crippen LogP) is 9.72. The minimum Gasteiger partial charge on any atom is -0.0544 e. The zero-order chi connectivity index (χ0) is 22.2. The van der Waals surface area contributed by atoms with E-state index in [2.05, 4.69) is 165 Å². The first-order valence-corrected chi connectivity index (χ1v) is 12.0. The number of hydrogen-bond donors (Lipinski definition) is 0. The van der Waals surface area contributed by atoms with E-state index in [-0.39, 0.29) is 0 Å². The van der Waals surface area contributed by atoms with Crippen LogP contribution in [0.3, 0.4) is 0 Å². The molecular formula is C30H22Br2. The van der Waals surface area contributed by atoms with Gasteiger partial charge in [-0.1, -0.05) is 141 Å². The summed E-state index contributed by atoms with van der Waals surface area (Å²) in [5.41, 5.74) is 7.12. The summed E-state index contributed by atoms with van der Waals surface area (Å²) in [4.78, 5) is 0. The van der Waals surface area contributed by atoms with Gasteiger partial charge in [-0.15, -0.1) is 0 Å². The van der Waals surface area contributed by atoms with Crippen LogP contribution in [0, 0.1) is 0 Å². The van der Waals surface area contributed by atoms with E-state index in [0.29, 0.717) is 0 Å². The molecule has 0 aliphatic carbocycles. The lowest BCUT2D eigenvalue weighted by Crippen LogP contribution is -1.77. The van der Waals surface area contributed by atoms with Crippen molar-refractivity contribution in [1.29, 1.82) is 0 Å². The van der Waals surface area contributed by atoms with E-state index in [1.165, 1.54) is 33.4 Å². The smallest absolute Gasteiger partial charge is 0.0175 e. The van der Waals surface area contributed by atoms with Crippen molar-refractivity contribution in [2.45, 2.75) is 0 Å². The lowest BCUT2D eigenvalue weighted by atomic mass is 10.1. The van der Waals surface area contributed by atoms with Crippen molar-refractivity contribution in [1.82, 2.24) is 0 Å². The molecule has 156 valence electrons. The quantitative estimate of drug-likeness (QED) is 0.213. The molecule has 0 atom stereocenters. The molecule has 0 fully saturated rings. The largest absolute Gasteiger partial charge is 0.0544 e. The van der Waals surface area contributed by atoms with Crippen LogP contribution in [0.25, 0.3) is 36.5 Å². The number of rotatable bonds is 6. The van der Waals surface area contributed by atoms with Crippen molar-refractivity contribution < 1.29 is 0 Å². The molecule has 0 aliphatic rings. The van der Waals surface area contributed by atoms with E-state index < -0.39 is 0 Å². The van der Waals surface area contributed by atoms with Gasteiger partial charge in [0, 0.05) is 8.95 Å². The molecule has 0 aliphatic heterocycles. The third kappa shape index (κ3) is 6.78. The summed E-state index contributed by atoms with van der Waals surface area (Å²) in [5, 5.41) is 0. The molecule has 0 nitrogen and oxygen atoms in total. The van der Waals surface area contributed by atoms with Crippen molar-refractivity contribution in [2.75, 3.05) is 0 Å². The molecule has 0 N–H and O–H groups in total. The van der Waals surface area contributed by atoms with Crippen molar-refractivity contribution >= 4 is 68.3 Å². The third-order valence-corrected chi connectivity index (χ3v) is 6.07. The lowest BCUT2D eigenvalue weighted by molar-refractivity contribution is 1.60. The fourth-order valence-corrected chi connectivity index (χ4v) is 3.69. The number of halogens is 2. The molecule has 32 heavy (non-hydrogen) atoms. The molecule has 0 radical (unpaired) electrons. The second-order valence-electron chi connectivity index (χ2n) is 7.44. The molecule has 4 aromatic carbocycles. The fourth-order valence-electron chi connectivity index (χ4n) is 3.16. The molecule has 0 heterocycles. The summed E-state index contributed by atoms with van der Waals surface area (Å²) in [6, 6.07) is 33.8. The average Bonchev–Trinajstić information content (AvgIpc) is 2.83.